The summed E-state index contributed by atoms with van der Waals surface area (Å²) < 4.78 is 30.5. The third kappa shape index (κ3) is 3.89. The Morgan fingerprint density at radius 3 is 2.52 bits per heavy atom. The van der Waals surface area contributed by atoms with Gasteiger partial charge in [-0.1, -0.05) is 12.1 Å². The van der Waals surface area contributed by atoms with Gasteiger partial charge in [0.1, 0.15) is 5.75 Å². The maximum atomic E-state index is 12.9. The number of amides is 1. The SMILES string of the molecule is Cc1cc(C(=O)N[C@@H](C)c2ccc(OC(F)F)cc2)c2c(C)nn(C)c2n1. The predicted octanol–water partition coefficient (Wildman–Crippen LogP) is 3.68. The lowest BCUT2D eigenvalue weighted by Gasteiger charge is -2.16. The smallest absolute Gasteiger partial charge is 0.387 e. The Hall–Kier alpha value is -3.03. The number of ether oxygens (including phenoxy) is 1. The number of aromatic nitrogens is 3. The molecular formula is C19H20F2N4O2. The van der Waals surface area contributed by atoms with Gasteiger partial charge in [-0.3, -0.25) is 9.48 Å². The summed E-state index contributed by atoms with van der Waals surface area (Å²) >= 11 is 0. The van der Waals surface area contributed by atoms with E-state index in [0.717, 1.165) is 17.0 Å². The zero-order valence-electron chi connectivity index (χ0n) is 15.5. The van der Waals surface area contributed by atoms with Gasteiger partial charge in [0.05, 0.1) is 22.7 Å². The van der Waals surface area contributed by atoms with Crippen LogP contribution in [0.5, 0.6) is 5.75 Å². The second kappa shape index (κ2) is 7.30. The quantitative estimate of drug-likeness (QED) is 0.740. The fraction of sp³-hybridized carbons (Fsp3) is 0.316. The molecule has 0 aliphatic heterocycles. The van der Waals surface area contributed by atoms with Crippen LogP contribution in [-0.2, 0) is 7.05 Å². The average Bonchev–Trinajstić information content (AvgIpc) is 2.88. The lowest BCUT2D eigenvalue weighted by atomic mass is 10.1. The first-order chi connectivity index (χ1) is 12.8. The molecule has 0 radical (unpaired) electrons. The first-order valence-electron chi connectivity index (χ1n) is 8.43. The maximum Gasteiger partial charge on any atom is 0.387 e. The molecule has 27 heavy (non-hydrogen) atoms. The highest BCUT2D eigenvalue weighted by Gasteiger charge is 2.19. The second-order valence-electron chi connectivity index (χ2n) is 6.36. The van der Waals surface area contributed by atoms with E-state index in [0.29, 0.717) is 16.6 Å². The number of halogens is 2. The van der Waals surface area contributed by atoms with E-state index in [4.69, 9.17) is 0 Å². The van der Waals surface area contributed by atoms with Crippen molar-refractivity contribution in [1.29, 1.82) is 0 Å². The van der Waals surface area contributed by atoms with Gasteiger partial charge in [-0.25, -0.2) is 4.98 Å². The van der Waals surface area contributed by atoms with Crippen molar-refractivity contribution in [3.05, 3.63) is 52.8 Å². The van der Waals surface area contributed by atoms with E-state index in [9.17, 15) is 13.6 Å². The Kier molecular flexibility index (Phi) is 5.07. The van der Waals surface area contributed by atoms with Gasteiger partial charge < -0.3 is 10.1 Å². The van der Waals surface area contributed by atoms with Crippen LogP contribution in [0, 0.1) is 13.8 Å². The largest absolute Gasteiger partial charge is 0.435 e. The standard InChI is InChI=1S/C19H20F2N4O2/c1-10-9-15(16-12(3)24-25(4)17(16)22-10)18(26)23-11(2)13-5-7-14(8-6-13)27-19(20)21/h5-9,11,19H,1-4H3,(H,23,26)/t11-/m0/s1. The molecule has 0 fully saturated rings. The summed E-state index contributed by atoms with van der Waals surface area (Å²) in [5, 5.41) is 8.00. The van der Waals surface area contributed by atoms with Crippen LogP contribution in [0.2, 0.25) is 0 Å². The topological polar surface area (TPSA) is 69.0 Å². The van der Waals surface area contributed by atoms with E-state index in [1.165, 1.54) is 12.1 Å². The molecule has 0 unspecified atom stereocenters. The van der Waals surface area contributed by atoms with Gasteiger partial charge in [0.15, 0.2) is 5.65 Å². The van der Waals surface area contributed by atoms with Crippen molar-refractivity contribution < 1.29 is 18.3 Å². The first kappa shape index (κ1) is 18.8. The van der Waals surface area contributed by atoms with Gasteiger partial charge in [-0.15, -0.1) is 0 Å². The number of nitrogens with zero attached hydrogens (tertiary/aromatic N) is 3. The Labute approximate surface area is 155 Å². The minimum absolute atomic E-state index is 0.0738. The van der Waals surface area contributed by atoms with E-state index < -0.39 is 6.61 Å². The summed E-state index contributed by atoms with van der Waals surface area (Å²) in [6.45, 7) is 2.61. The molecule has 0 saturated carbocycles. The molecule has 0 aliphatic rings. The highest BCUT2D eigenvalue weighted by atomic mass is 19.3. The molecule has 0 aliphatic carbocycles. The van der Waals surface area contributed by atoms with Crippen molar-refractivity contribution in [1.82, 2.24) is 20.1 Å². The molecule has 1 atom stereocenters. The number of benzene rings is 1. The highest BCUT2D eigenvalue weighted by molar-refractivity contribution is 6.06. The van der Waals surface area contributed by atoms with E-state index in [-0.39, 0.29) is 17.7 Å². The Bertz CT molecular complexity index is 984. The molecule has 1 N–H and O–H groups in total. The van der Waals surface area contributed by atoms with Crippen LogP contribution in [0.25, 0.3) is 11.0 Å². The zero-order valence-corrected chi connectivity index (χ0v) is 15.5. The molecule has 0 saturated heterocycles. The number of carbonyl (C=O) groups is 1. The summed E-state index contributed by atoms with van der Waals surface area (Å²) in [5.41, 5.74) is 3.38. The third-order valence-electron chi connectivity index (χ3n) is 4.29. The van der Waals surface area contributed by atoms with Crippen LogP contribution in [0.1, 0.15) is 40.3 Å². The molecule has 142 valence electrons. The third-order valence-corrected chi connectivity index (χ3v) is 4.29. The van der Waals surface area contributed by atoms with Crippen molar-refractivity contribution in [2.45, 2.75) is 33.4 Å². The molecule has 8 heteroatoms. The molecular weight excluding hydrogens is 354 g/mol. The van der Waals surface area contributed by atoms with Gasteiger partial charge in [-0.2, -0.15) is 13.9 Å². The summed E-state index contributed by atoms with van der Waals surface area (Å²) in [6, 6.07) is 7.60. The first-order valence-corrected chi connectivity index (χ1v) is 8.43. The molecule has 2 heterocycles. The van der Waals surface area contributed by atoms with Gasteiger partial charge >= 0.3 is 6.61 Å². The molecule has 2 aromatic heterocycles. The van der Waals surface area contributed by atoms with E-state index in [1.807, 2.05) is 20.8 Å². The number of hydrogen-bond acceptors (Lipinski definition) is 4. The monoisotopic (exact) mass is 374 g/mol. The van der Waals surface area contributed by atoms with Crippen LogP contribution in [-0.4, -0.2) is 27.3 Å². The Morgan fingerprint density at radius 1 is 1.22 bits per heavy atom. The molecule has 1 aromatic carbocycles. The summed E-state index contributed by atoms with van der Waals surface area (Å²) in [6.07, 6.45) is 0. The summed E-state index contributed by atoms with van der Waals surface area (Å²) in [5.74, 6) is -0.174. The number of nitrogens with one attached hydrogen (secondary N) is 1. The maximum absolute atomic E-state index is 12.9. The zero-order chi connectivity index (χ0) is 19.7. The number of aryl methyl sites for hydroxylation is 3. The molecule has 0 spiro atoms. The van der Waals surface area contributed by atoms with Crippen LogP contribution < -0.4 is 10.1 Å². The van der Waals surface area contributed by atoms with E-state index in [2.05, 4.69) is 20.1 Å². The number of hydrogen-bond donors (Lipinski definition) is 1. The van der Waals surface area contributed by atoms with Gasteiger partial charge in [0.2, 0.25) is 0 Å². The van der Waals surface area contributed by atoms with Crippen molar-refractivity contribution in [2.75, 3.05) is 0 Å². The molecule has 0 bridgehead atoms. The van der Waals surface area contributed by atoms with Crippen molar-refractivity contribution >= 4 is 16.9 Å². The Morgan fingerprint density at radius 2 is 1.89 bits per heavy atom. The van der Waals surface area contributed by atoms with Crippen LogP contribution in [0.4, 0.5) is 8.78 Å². The number of pyridine rings is 1. The van der Waals surface area contributed by atoms with Crippen LogP contribution in [0.3, 0.4) is 0 Å². The lowest BCUT2D eigenvalue weighted by Crippen LogP contribution is -2.27. The minimum Gasteiger partial charge on any atom is -0.435 e. The van der Waals surface area contributed by atoms with Crippen LogP contribution >= 0.6 is 0 Å². The fourth-order valence-corrected chi connectivity index (χ4v) is 3.04. The van der Waals surface area contributed by atoms with Crippen LogP contribution in [0.15, 0.2) is 30.3 Å². The molecule has 3 rings (SSSR count). The number of rotatable bonds is 5. The van der Waals surface area contributed by atoms with Gasteiger partial charge in [-0.05, 0) is 44.5 Å². The van der Waals surface area contributed by atoms with E-state index >= 15 is 0 Å². The van der Waals surface area contributed by atoms with Gasteiger partial charge in [0, 0.05) is 12.7 Å². The molecule has 6 nitrogen and oxygen atoms in total. The molecule has 1 amide bonds. The van der Waals surface area contributed by atoms with Crippen molar-refractivity contribution in [3.63, 3.8) is 0 Å². The number of fused-ring (bicyclic) bond motifs is 1. The van der Waals surface area contributed by atoms with Crippen molar-refractivity contribution in [2.24, 2.45) is 7.05 Å². The number of alkyl halides is 2. The fourth-order valence-electron chi connectivity index (χ4n) is 3.04. The second-order valence-corrected chi connectivity index (χ2v) is 6.36. The lowest BCUT2D eigenvalue weighted by molar-refractivity contribution is -0.0498. The summed E-state index contributed by atoms with van der Waals surface area (Å²) in [4.78, 5) is 17.3. The minimum atomic E-state index is -2.87. The molecule has 3 aromatic rings. The van der Waals surface area contributed by atoms with Gasteiger partial charge in [0.25, 0.3) is 5.91 Å². The predicted molar refractivity (Wildman–Crippen MR) is 96.9 cm³/mol. The van der Waals surface area contributed by atoms with E-state index in [1.54, 1.807) is 29.9 Å². The summed E-state index contributed by atoms with van der Waals surface area (Å²) in [7, 11) is 1.79. The normalized spacial score (nSPS) is 12.4. The van der Waals surface area contributed by atoms with Crippen molar-refractivity contribution in [3.8, 4) is 5.75 Å². The Balaban J connectivity index is 1.84. The number of carbonyl (C=O) groups excluding carboxylic acids is 1. The highest BCUT2D eigenvalue weighted by Crippen LogP contribution is 2.23. The average molecular weight is 374 g/mol.